The summed E-state index contributed by atoms with van der Waals surface area (Å²) in [6.45, 7) is 0.402. The smallest absolute Gasteiger partial charge is 0.457 e. The van der Waals surface area contributed by atoms with Crippen molar-refractivity contribution in [3.05, 3.63) is 48.6 Å². The molecule has 0 aromatic carbocycles. The van der Waals surface area contributed by atoms with Crippen molar-refractivity contribution in [2.24, 2.45) is 0 Å². The Bertz CT molecular complexity index is 1240. The van der Waals surface area contributed by atoms with Crippen molar-refractivity contribution in [3.8, 4) is 0 Å². The molecular weight excluding hydrogens is 729 g/mol. The summed E-state index contributed by atoms with van der Waals surface area (Å²) in [7, 11) is -16.4. The maximum absolute atomic E-state index is 12.6. The molecule has 1 saturated carbocycles. The Morgan fingerprint density at radius 1 is 0.660 bits per heavy atom. The third kappa shape index (κ3) is 20.6. The molecule has 290 valence electrons. The average molecular weight is 781 g/mol. The van der Waals surface area contributed by atoms with Crippen LogP contribution in [0.15, 0.2) is 48.6 Å². The molecule has 0 aromatic heterocycles. The van der Waals surface area contributed by atoms with Crippen molar-refractivity contribution in [2.75, 3.05) is 13.2 Å². The highest BCUT2D eigenvalue weighted by Gasteiger charge is 2.56. The minimum atomic E-state index is -5.56. The average Bonchev–Trinajstić information content (AvgIpc) is 3.02. The molecule has 0 aromatic rings. The van der Waals surface area contributed by atoms with Gasteiger partial charge in [0.05, 0.1) is 13.2 Å². The fourth-order valence-electron chi connectivity index (χ4n) is 4.51. The molecule has 21 heteroatoms. The fourth-order valence-corrected chi connectivity index (χ4v) is 6.60. The van der Waals surface area contributed by atoms with E-state index in [1.54, 1.807) is 0 Å². The molecule has 1 rings (SSSR count). The summed E-state index contributed by atoms with van der Waals surface area (Å²) in [4.78, 5) is 58.7. The van der Waals surface area contributed by atoms with Crippen LogP contribution in [0.4, 0.5) is 0 Å². The molecule has 1 fully saturated rings. The Labute approximate surface area is 291 Å². The number of ether oxygens (including phenoxy) is 1. The van der Waals surface area contributed by atoms with E-state index in [0.29, 0.717) is 12.8 Å². The van der Waals surface area contributed by atoms with E-state index in [4.69, 9.17) is 24.3 Å². The molecule has 1 unspecified atom stereocenters. The number of aliphatic hydroxyl groups is 4. The van der Waals surface area contributed by atoms with Gasteiger partial charge in [-0.25, -0.2) is 13.7 Å². The first kappa shape index (κ1) is 46.6. The lowest BCUT2D eigenvalue weighted by Gasteiger charge is -2.44. The lowest BCUT2D eigenvalue weighted by molar-refractivity contribution is -0.213. The zero-order valence-corrected chi connectivity index (χ0v) is 30.4. The van der Waals surface area contributed by atoms with Gasteiger partial charge in [-0.15, -0.1) is 0 Å². The van der Waals surface area contributed by atoms with Crippen molar-refractivity contribution in [1.29, 1.82) is 0 Å². The Morgan fingerprint density at radius 3 is 1.60 bits per heavy atom. The van der Waals surface area contributed by atoms with Crippen LogP contribution in [0.1, 0.15) is 71.1 Å². The maximum atomic E-state index is 12.6. The molecule has 0 saturated heterocycles. The summed E-state index contributed by atoms with van der Waals surface area (Å²) in [5, 5.41) is 40.6. The molecule has 50 heavy (non-hydrogen) atoms. The second-order valence-electron chi connectivity index (χ2n) is 11.2. The lowest BCUT2D eigenvalue weighted by atomic mass is 9.85. The van der Waals surface area contributed by atoms with Gasteiger partial charge in [0.25, 0.3) is 0 Å². The van der Waals surface area contributed by atoms with E-state index >= 15 is 0 Å². The highest BCUT2D eigenvalue weighted by Crippen LogP contribution is 2.51. The van der Waals surface area contributed by atoms with Crippen molar-refractivity contribution >= 4 is 29.4 Å². The van der Waals surface area contributed by atoms with Gasteiger partial charge in [0, 0.05) is 6.42 Å². The number of hydrogen-bond acceptors (Lipinski definition) is 13. The molecule has 1 aliphatic carbocycles. The summed E-state index contributed by atoms with van der Waals surface area (Å²) >= 11 is 0. The Hall–Kier alpha value is -1.40. The van der Waals surface area contributed by atoms with Crippen molar-refractivity contribution in [3.63, 3.8) is 0 Å². The first-order chi connectivity index (χ1) is 23.4. The normalized spacial score (nSPS) is 25.6. The second-order valence-corrected chi connectivity index (χ2v) is 15.0. The van der Waals surface area contributed by atoms with E-state index in [1.165, 1.54) is 19.3 Å². The summed E-state index contributed by atoms with van der Waals surface area (Å²) in [5.74, 6) is -0.757. The van der Waals surface area contributed by atoms with Crippen LogP contribution < -0.4 is 0 Å². The lowest BCUT2D eigenvalue weighted by Crippen LogP contribution is -2.65. The van der Waals surface area contributed by atoms with E-state index in [9.17, 15) is 43.8 Å². The zero-order valence-electron chi connectivity index (χ0n) is 27.7. The third-order valence-corrected chi connectivity index (χ3v) is 8.95. The number of rotatable bonds is 25. The van der Waals surface area contributed by atoms with E-state index in [2.05, 4.69) is 55.4 Å². The minimum Gasteiger partial charge on any atom is -0.457 e. The molecule has 0 spiro atoms. The van der Waals surface area contributed by atoms with Gasteiger partial charge in [-0.1, -0.05) is 68.4 Å². The van der Waals surface area contributed by atoms with Crippen LogP contribution in [0.5, 0.6) is 0 Å². The van der Waals surface area contributed by atoms with Crippen LogP contribution in [0, 0.1) is 0 Å². The molecule has 8 atom stereocenters. The third-order valence-electron chi connectivity index (χ3n) is 6.93. The zero-order chi connectivity index (χ0) is 37.8. The molecule has 0 aliphatic heterocycles. The number of unbranched alkanes of at least 4 members (excludes halogenated alkanes) is 4. The monoisotopic (exact) mass is 780 g/mol. The van der Waals surface area contributed by atoms with Gasteiger partial charge in [0.1, 0.15) is 42.7 Å². The summed E-state index contributed by atoms with van der Waals surface area (Å²) in [6.07, 6.45) is 8.41. The van der Waals surface area contributed by atoms with E-state index < -0.39 is 85.4 Å². The molecule has 18 nitrogen and oxygen atoms in total. The van der Waals surface area contributed by atoms with Gasteiger partial charge in [0.15, 0.2) is 0 Å². The largest absolute Gasteiger partial charge is 0.472 e. The van der Waals surface area contributed by atoms with Crippen molar-refractivity contribution in [2.45, 2.75) is 114 Å². The van der Waals surface area contributed by atoms with E-state index in [-0.39, 0.29) is 6.42 Å². The van der Waals surface area contributed by atoms with Crippen LogP contribution in [0.2, 0.25) is 0 Å². The highest BCUT2D eigenvalue weighted by molar-refractivity contribution is 7.47. The quantitative estimate of drug-likeness (QED) is 0.0278. The van der Waals surface area contributed by atoms with Gasteiger partial charge < -0.3 is 49.6 Å². The molecule has 1 aliphatic rings. The van der Waals surface area contributed by atoms with E-state index in [0.717, 1.165) is 25.7 Å². The van der Waals surface area contributed by atoms with Gasteiger partial charge >= 0.3 is 29.4 Å². The second kappa shape index (κ2) is 24.0. The molecule has 0 amide bonds. The van der Waals surface area contributed by atoms with Crippen LogP contribution in [-0.2, 0) is 41.3 Å². The molecule has 0 bridgehead atoms. The standard InChI is InChI=1S/C29H51O18P3/c1-2-3-4-5-6-7-8-9-10-11-12-13-14-15-16-17-18-19-23(31)44-22(20-30)21-43-50(41,42)47-27-24(32)25(33)28(45-48(35,36)37)29(26(27)34)46-49(38,39)40/h6-7,9-10,12-13,15-16,22,24-30,32-34H,2-5,8,11,14,17-21H2,1H3,(H,41,42)(H2,35,36,37)(H2,38,39,40)/b7-6-,10-9-,13-12-,16-15-/t22-,24-,25+,26+,27-,28-,29-/m1/s1. The fraction of sp³-hybridized carbons (Fsp3) is 0.690. The first-order valence-corrected chi connectivity index (χ1v) is 20.5. The van der Waals surface area contributed by atoms with Crippen LogP contribution in [0.3, 0.4) is 0 Å². The highest BCUT2D eigenvalue weighted by atomic mass is 31.2. The van der Waals surface area contributed by atoms with Crippen LogP contribution in [0.25, 0.3) is 0 Å². The number of phosphoric acid groups is 3. The number of allylic oxidation sites excluding steroid dienone is 8. The summed E-state index contributed by atoms with van der Waals surface area (Å²) in [5.41, 5.74) is 0. The number of carbonyl (C=O) groups is 1. The van der Waals surface area contributed by atoms with Gasteiger partial charge in [0.2, 0.25) is 0 Å². The van der Waals surface area contributed by atoms with E-state index in [1.807, 2.05) is 18.2 Å². The SMILES string of the molecule is CCCCC/C=C\C/C=C\C/C=C\C/C=C\CCCC(=O)O[C@H](CO)COP(=O)(O)O[C@@H]1[C@H](O)[C@H](O)[C@@H](OP(=O)(O)O)[C@H](OP(=O)(O)O)[C@H]1O. The molecule has 0 radical (unpaired) electrons. The number of phosphoric ester groups is 3. The predicted octanol–water partition coefficient (Wildman–Crippen LogP) is 2.59. The summed E-state index contributed by atoms with van der Waals surface area (Å²) in [6, 6.07) is 0. The molecular formula is C29H51O18P3. The van der Waals surface area contributed by atoms with Crippen LogP contribution >= 0.6 is 23.5 Å². The predicted molar refractivity (Wildman–Crippen MR) is 178 cm³/mol. The van der Waals surface area contributed by atoms with Gasteiger partial charge in [-0.3, -0.25) is 22.9 Å². The summed E-state index contributed by atoms with van der Waals surface area (Å²) < 4.78 is 58.0. The topological polar surface area (TPSA) is 296 Å². The van der Waals surface area contributed by atoms with Gasteiger partial charge in [-0.2, -0.15) is 0 Å². The number of hydrogen-bond donors (Lipinski definition) is 9. The van der Waals surface area contributed by atoms with Gasteiger partial charge in [-0.05, 0) is 44.9 Å². The number of esters is 1. The molecule has 0 heterocycles. The maximum Gasteiger partial charge on any atom is 0.472 e. The van der Waals surface area contributed by atoms with Crippen LogP contribution in [-0.4, -0.2) is 107 Å². The van der Waals surface area contributed by atoms with Crippen molar-refractivity contribution < 1.29 is 86.2 Å². The minimum absolute atomic E-state index is 0.0566. The first-order valence-electron chi connectivity index (χ1n) is 16.0. The number of aliphatic hydroxyl groups excluding tert-OH is 4. The Kier molecular flexibility index (Phi) is 22.4. The number of carbonyl (C=O) groups excluding carboxylic acids is 1. The Morgan fingerprint density at radius 2 is 1.12 bits per heavy atom. The van der Waals surface area contributed by atoms with Crippen molar-refractivity contribution in [1.82, 2.24) is 0 Å². The Balaban J connectivity index is 2.50. The molecule has 9 N–H and O–H groups in total.